The van der Waals surface area contributed by atoms with E-state index in [2.05, 4.69) is 122 Å². The highest BCUT2D eigenvalue weighted by Gasteiger charge is 2.38. The Kier molecular flexibility index (Phi) is 6.69. The van der Waals surface area contributed by atoms with E-state index in [0.717, 1.165) is 71.8 Å². The van der Waals surface area contributed by atoms with E-state index in [1.54, 1.807) is 0 Å². The molecule has 0 N–H and O–H groups in total. The molecule has 0 bridgehead atoms. The summed E-state index contributed by atoms with van der Waals surface area (Å²) in [7, 11) is 0. The second-order valence-corrected chi connectivity index (χ2v) is 16.3. The molecule has 0 radical (unpaired) electrons. The van der Waals surface area contributed by atoms with Crippen molar-refractivity contribution in [3.63, 3.8) is 0 Å². The zero-order chi connectivity index (χ0) is 39.7. The van der Waals surface area contributed by atoms with Crippen LogP contribution in [0.5, 0.6) is 0 Å². The number of furan rings is 2. The first-order valence-corrected chi connectivity index (χ1v) is 20.4. The lowest BCUT2D eigenvalue weighted by Gasteiger charge is -2.23. The third kappa shape index (κ3) is 4.56. The van der Waals surface area contributed by atoms with Gasteiger partial charge in [0.05, 0.1) is 11.0 Å². The zero-order valence-corrected chi connectivity index (χ0v) is 32.8. The van der Waals surface area contributed by atoms with Gasteiger partial charge in [-0.3, -0.25) is 0 Å². The number of hydrogen-bond acceptors (Lipinski definition) is 5. The van der Waals surface area contributed by atoms with Crippen LogP contribution in [-0.4, -0.2) is 19.5 Å². The van der Waals surface area contributed by atoms with Gasteiger partial charge < -0.3 is 13.4 Å². The van der Waals surface area contributed by atoms with Crippen molar-refractivity contribution < 1.29 is 8.83 Å². The molecule has 0 spiro atoms. The van der Waals surface area contributed by atoms with Crippen LogP contribution in [0.4, 0.5) is 0 Å². The molecule has 13 rings (SSSR count). The molecule has 0 atom stereocenters. The summed E-state index contributed by atoms with van der Waals surface area (Å²) in [6.45, 7) is 4.72. The fraction of sp³-hybridized carbons (Fsp3) is 0.0556. The number of nitrogens with zero attached hydrogens (tertiary/aromatic N) is 4. The van der Waals surface area contributed by atoms with Gasteiger partial charge in [-0.15, -0.1) is 0 Å². The fourth-order valence-corrected chi connectivity index (χ4v) is 10.0. The monoisotopic (exact) mass is 770 g/mol. The normalized spacial score (nSPS) is 13.3. The maximum Gasteiger partial charge on any atom is 0.164 e. The summed E-state index contributed by atoms with van der Waals surface area (Å²) in [4.78, 5) is 15.6. The van der Waals surface area contributed by atoms with Crippen molar-refractivity contribution in [2.45, 2.75) is 19.3 Å². The highest BCUT2D eigenvalue weighted by atomic mass is 16.3. The highest BCUT2D eigenvalue weighted by molar-refractivity contribution is 6.28. The molecule has 0 saturated heterocycles. The van der Waals surface area contributed by atoms with Gasteiger partial charge in [-0.25, -0.2) is 15.0 Å². The topological polar surface area (TPSA) is 69.9 Å². The molecule has 6 nitrogen and oxygen atoms in total. The van der Waals surface area contributed by atoms with Gasteiger partial charge in [0.25, 0.3) is 0 Å². The van der Waals surface area contributed by atoms with E-state index < -0.39 is 0 Å². The zero-order valence-electron chi connectivity index (χ0n) is 32.8. The molecule has 0 fully saturated rings. The van der Waals surface area contributed by atoms with Crippen LogP contribution >= 0.6 is 0 Å². The number of fused-ring (bicyclic) bond motifs is 14. The van der Waals surface area contributed by atoms with Crippen molar-refractivity contribution in [1.29, 1.82) is 0 Å². The van der Waals surface area contributed by atoms with Gasteiger partial charge in [-0.2, -0.15) is 0 Å². The minimum atomic E-state index is -0.251. The van der Waals surface area contributed by atoms with Gasteiger partial charge in [-0.05, 0) is 64.7 Å². The van der Waals surface area contributed by atoms with Gasteiger partial charge in [0.1, 0.15) is 22.3 Å². The second-order valence-electron chi connectivity index (χ2n) is 16.3. The van der Waals surface area contributed by atoms with Crippen LogP contribution in [-0.2, 0) is 5.41 Å². The SMILES string of the molecule is CC1(C)c2ccccc2-c2ccc3c4c5c(ccc4n(-c4cccc(-c6nc(-c7ccccc7)nc(-c7cccc8oc9ccccc9c78)n6)c4)c3c21)oc1ccccc15. The number of benzene rings is 8. The number of aromatic nitrogens is 4. The van der Waals surface area contributed by atoms with E-state index in [0.29, 0.717) is 17.5 Å². The van der Waals surface area contributed by atoms with Crippen molar-refractivity contribution in [3.05, 3.63) is 181 Å². The van der Waals surface area contributed by atoms with E-state index in [-0.39, 0.29) is 5.41 Å². The van der Waals surface area contributed by atoms with Crippen molar-refractivity contribution in [1.82, 2.24) is 19.5 Å². The van der Waals surface area contributed by atoms with Gasteiger partial charge in [0.2, 0.25) is 0 Å². The van der Waals surface area contributed by atoms with Crippen molar-refractivity contribution in [2.75, 3.05) is 0 Å². The molecule has 1 aliphatic rings. The standard InChI is InChI=1S/C54H34N4O2/c1-54(2)40-22-9-6-18-34(40)35-26-27-38-47-41(28-29-45-48(47)37-20-8-11-24-43(37)60-45)58(50(38)49(35)54)33-17-12-16-32(30-33)52-55-51(31-14-4-3-5-15-31)56-53(57-52)39-21-13-25-44-46(39)36-19-7-10-23-42(36)59-44/h3-30H,1-2H3. The highest BCUT2D eigenvalue weighted by Crippen LogP contribution is 2.54. The minimum absolute atomic E-state index is 0.251. The third-order valence-corrected chi connectivity index (χ3v) is 12.6. The Hall–Kier alpha value is -7.83. The van der Waals surface area contributed by atoms with Crippen molar-refractivity contribution >= 4 is 65.7 Å². The Balaban J connectivity index is 1.10. The summed E-state index contributed by atoms with van der Waals surface area (Å²) in [5.41, 5.74) is 14.4. The van der Waals surface area contributed by atoms with E-state index in [9.17, 15) is 0 Å². The quantitative estimate of drug-likeness (QED) is 0.178. The summed E-state index contributed by atoms with van der Waals surface area (Å²) in [6, 6.07) is 59.2. The lowest BCUT2D eigenvalue weighted by Crippen LogP contribution is -2.16. The van der Waals surface area contributed by atoms with Gasteiger partial charge in [0.15, 0.2) is 17.5 Å². The molecule has 8 aromatic carbocycles. The van der Waals surface area contributed by atoms with Crippen molar-refractivity contribution in [2.24, 2.45) is 0 Å². The molecule has 0 saturated carbocycles. The average Bonchev–Trinajstić information content (AvgIpc) is 4.03. The predicted molar refractivity (Wildman–Crippen MR) is 243 cm³/mol. The maximum absolute atomic E-state index is 6.49. The van der Waals surface area contributed by atoms with Crippen LogP contribution in [0.3, 0.4) is 0 Å². The van der Waals surface area contributed by atoms with Gasteiger partial charge in [-0.1, -0.05) is 141 Å². The molecule has 0 aliphatic heterocycles. The van der Waals surface area contributed by atoms with E-state index in [1.165, 1.54) is 38.5 Å². The molecule has 1 aliphatic carbocycles. The predicted octanol–water partition coefficient (Wildman–Crippen LogP) is 14.1. The molecular formula is C54H34N4O2. The Bertz CT molecular complexity index is 3760. The molecule has 60 heavy (non-hydrogen) atoms. The second kappa shape index (κ2) is 12.1. The molecule has 4 aromatic heterocycles. The van der Waals surface area contributed by atoms with Crippen LogP contribution < -0.4 is 0 Å². The van der Waals surface area contributed by atoms with Crippen LogP contribution in [0.1, 0.15) is 25.0 Å². The summed E-state index contributed by atoms with van der Waals surface area (Å²) in [5.74, 6) is 1.78. The van der Waals surface area contributed by atoms with Gasteiger partial charge in [0, 0.05) is 60.1 Å². The van der Waals surface area contributed by atoms with E-state index >= 15 is 0 Å². The molecule has 0 unspecified atom stereocenters. The van der Waals surface area contributed by atoms with E-state index in [1.807, 2.05) is 66.7 Å². The minimum Gasteiger partial charge on any atom is -0.456 e. The van der Waals surface area contributed by atoms with Crippen molar-refractivity contribution in [3.8, 4) is 51.0 Å². The summed E-state index contributed by atoms with van der Waals surface area (Å²) in [5, 5.41) is 6.63. The first-order chi connectivity index (χ1) is 29.5. The molecule has 12 aromatic rings. The van der Waals surface area contributed by atoms with Crippen LogP contribution in [0.2, 0.25) is 0 Å². The maximum atomic E-state index is 6.49. The lowest BCUT2D eigenvalue weighted by molar-refractivity contribution is 0.664. The largest absolute Gasteiger partial charge is 0.456 e. The molecular weight excluding hydrogens is 737 g/mol. The first-order valence-electron chi connectivity index (χ1n) is 20.4. The lowest BCUT2D eigenvalue weighted by atomic mass is 9.81. The van der Waals surface area contributed by atoms with Crippen LogP contribution in [0.25, 0.3) is 117 Å². The van der Waals surface area contributed by atoms with Crippen LogP contribution in [0, 0.1) is 0 Å². The van der Waals surface area contributed by atoms with Crippen LogP contribution in [0.15, 0.2) is 179 Å². The first kappa shape index (κ1) is 33.2. The summed E-state index contributed by atoms with van der Waals surface area (Å²) in [6.07, 6.45) is 0. The molecule has 282 valence electrons. The Morgan fingerprint density at radius 2 is 1.05 bits per heavy atom. The Labute approximate surface area is 344 Å². The summed E-state index contributed by atoms with van der Waals surface area (Å²) >= 11 is 0. The molecule has 0 amide bonds. The third-order valence-electron chi connectivity index (χ3n) is 12.6. The number of rotatable bonds is 4. The smallest absolute Gasteiger partial charge is 0.164 e. The van der Waals surface area contributed by atoms with Gasteiger partial charge >= 0.3 is 0 Å². The Morgan fingerprint density at radius 1 is 0.433 bits per heavy atom. The van der Waals surface area contributed by atoms with E-state index in [4.69, 9.17) is 23.8 Å². The number of hydrogen-bond donors (Lipinski definition) is 0. The molecule has 6 heteroatoms. The molecule has 4 heterocycles. The summed E-state index contributed by atoms with van der Waals surface area (Å²) < 4.78 is 15.3. The Morgan fingerprint density at radius 3 is 1.87 bits per heavy atom. The fourth-order valence-electron chi connectivity index (χ4n) is 10.0. The number of para-hydroxylation sites is 2. The average molecular weight is 771 g/mol.